The summed E-state index contributed by atoms with van der Waals surface area (Å²) < 4.78 is 26.9. The van der Waals surface area contributed by atoms with Crippen molar-refractivity contribution in [3.05, 3.63) is 28.3 Å². The standard InChI is InChI=1S/C12H17N3O4S2/c1-8-9(2)20-6-5-14(8)21(18,19)12-7-10(13)3-4-11(12)15(16)17/h3-4,7-9H,5-6,13H2,1-2H3. The van der Waals surface area contributed by atoms with Crippen LogP contribution >= 0.6 is 11.8 Å². The fraction of sp³-hybridized carbons (Fsp3) is 0.500. The number of hydrogen-bond donors (Lipinski definition) is 1. The summed E-state index contributed by atoms with van der Waals surface area (Å²) in [6, 6.07) is 3.39. The molecule has 1 aliphatic heterocycles. The topological polar surface area (TPSA) is 107 Å². The van der Waals surface area contributed by atoms with Gasteiger partial charge in [-0.15, -0.1) is 0 Å². The molecule has 1 aromatic carbocycles. The van der Waals surface area contributed by atoms with Crippen molar-refractivity contribution in [2.45, 2.75) is 30.0 Å². The molecule has 1 saturated heterocycles. The molecular formula is C12H17N3O4S2. The smallest absolute Gasteiger partial charge is 0.289 e. The molecule has 0 radical (unpaired) electrons. The molecule has 21 heavy (non-hydrogen) atoms. The van der Waals surface area contributed by atoms with E-state index in [4.69, 9.17) is 5.73 Å². The number of hydrogen-bond acceptors (Lipinski definition) is 6. The van der Waals surface area contributed by atoms with E-state index in [9.17, 15) is 18.5 Å². The highest BCUT2D eigenvalue weighted by Gasteiger charge is 2.38. The van der Waals surface area contributed by atoms with Crippen molar-refractivity contribution in [3.63, 3.8) is 0 Å². The van der Waals surface area contributed by atoms with Crippen LogP contribution in [0.15, 0.2) is 23.1 Å². The van der Waals surface area contributed by atoms with Gasteiger partial charge in [0.05, 0.1) is 4.92 Å². The number of nitrogens with two attached hydrogens (primary N) is 1. The summed E-state index contributed by atoms with van der Waals surface area (Å²) in [5.74, 6) is 0.668. The van der Waals surface area contributed by atoms with Crippen LogP contribution in [0.5, 0.6) is 0 Å². The second-order valence-corrected chi connectivity index (χ2v) is 8.26. The molecule has 1 aromatic rings. The molecule has 2 rings (SSSR count). The zero-order chi connectivity index (χ0) is 15.8. The number of nitrogens with zero attached hydrogens (tertiary/aromatic N) is 2. The van der Waals surface area contributed by atoms with Gasteiger partial charge in [-0.2, -0.15) is 16.1 Å². The Morgan fingerprint density at radius 3 is 2.71 bits per heavy atom. The molecule has 0 amide bonds. The Morgan fingerprint density at radius 1 is 1.43 bits per heavy atom. The number of nitrogen functional groups attached to an aromatic ring is 1. The predicted molar refractivity (Wildman–Crippen MR) is 82.8 cm³/mol. The minimum Gasteiger partial charge on any atom is -0.399 e. The molecule has 2 unspecified atom stereocenters. The van der Waals surface area contributed by atoms with Gasteiger partial charge in [0.15, 0.2) is 4.90 Å². The number of benzene rings is 1. The van der Waals surface area contributed by atoms with Crippen molar-refractivity contribution >= 4 is 33.2 Å². The quantitative estimate of drug-likeness (QED) is 0.513. The van der Waals surface area contributed by atoms with Crippen molar-refractivity contribution in [1.82, 2.24) is 4.31 Å². The number of nitro benzene ring substituents is 1. The molecule has 0 saturated carbocycles. The molecule has 1 fully saturated rings. The van der Waals surface area contributed by atoms with Crippen molar-refractivity contribution in [2.24, 2.45) is 0 Å². The third-order valence-electron chi connectivity index (χ3n) is 3.59. The van der Waals surface area contributed by atoms with Crippen LogP contribution in [-0.2, 0) is 10.0 Å². The SMILES string of the molecule is CC1SCCN(S(=O)(=O)c2cc(N)ccc2[N+](=O)[O-])C1C. The van der Waals surface area contributed by atoms with E-state index in [0.717, 1.165) is 12.1 Å². The Balaban J connectivity index is 2.53. The van der Waals surface area contributed by atoms with Crippen LogP contribution in [0.2, 0.25) is 0 Å². The summed E-state index contributed by atoms with van der Waals surface area (Å²) in [6.07, 6.45) is 0. The van der Waals surface area contributed by atoms with Crippen molar-refractivity contribution in [3.8, 4) is 0 Å². The summed E-state index contributed by atoms with van der Waals surface area (Å²) in [5, 5.41) is 11.2. The van der Waals surface area contributed by atoms with Gasteiger partial charge >= 0.3 is 0 Å². The lowest BCUT2D eigenvalue weighted by atomic mass is 10.2. The molecule has 1 heterocycles. The van der Waals surface area contributed by atoms with Crippen LogP contribution in [0.4, 0.5) is 11.4 Å². The zero-order valence-corrected chi connectivity index (χ0v) is 13.4. The van der Waals surface area contributed by atoms with Crippen LogP contribution < -0.4 is 5.73 Å². The van der Waals surface area contributed by atoms with E-state index in [1.165, 1.54) is 10.4 Å². The van der Waals surface area contributed by atoms with Gasteiger partial charge in [-0.1, -0.05) is 6.92 Å². The first-order valence-electron chi connectivity index (χ1n) is 6.42. The number of sulfonamides is 1. The number of rotatable bonds is 3. The van der Waals surface area contributed by atoms with Gasteiger partial charge in [0.2, 0.25) is 10.0 Å². The van der Waals surface area contributed by atoms with Gasteiger partial charge in [0.25, 0.3) is 5.69 Å². The van der Waals surface area contributed by atoms with Crippen LogP contribution in [0.1, 0.15) is 13.8 Å². The van der Waals surface area contributed by atoms with E-state index in [1.54, 1.807) is 11.8 Å². The Morgan fingerprint density at radius 2 is 2.10 bits per heavy atom. The van der Waals surface area contributed by atoms with Gasteiger partial charge in [0.1, 0.15) is 0 Å². The molecule has 2 N–H and O–H groups in total. The first-order valence-corrected chi connectivity index (χ1v) is 8.91. The second kappa shape index (κ2) is 5.82. The van der Waals surface area contributed by atoms with Crippen LogP contribution in [0.3, 0.4) is 0 Å². The fourth-order valence-corrected chi connectivity index (χ4v) is 5.45. The van der Waals surface area contributed by atoms with Crippen molar-refractivity contribution in [1.29, 1.82) is 0 Å². The summed E-state index contributed by atoms with van der Waals surface area (Å²) in [4.78, 5) is 10.1. The summed E-state index contributed by atoms with van der Waals surface area (Å²) >= 11 is 1.69. The van der Waals surface area contributed by atoms with E-state index in [1.807, 2.05) is 13.8 Å². The first kappa shape index (κ1) is 16.1. The normalized spacial score (nSPS) is 23.9. The van der Waals surface area contributed by atoms with Crippen LogP contribution in [0.25, 0.3) is 0 Å². The van der Waals surface area contributed by atoms with Gasteiger partial charge in [-0.05, 0) is 19.1 Å². The molecule has 0 bridgehead atoms. The molecule has 0 spiro atoms. The van der Waals surface area contributed by atoms with Crippen molar-refractivity contribution < 1.29 is 13.3 Å². The Kier molecular flexibility index (Phi) is 4.45. The number of nitro groups is 1. The van der Waals surface area contributed by atoms with Crippen molar-refractivity contribution in [2.75, 3.05) is 18.0 Å². The van der Waals surface area contributed by atoms with E-state index in [0.29, 0.717) is 12.3 Å². The lowest BCUT2D eigenvalue weighted by molar-refractivity contribution is -0.387. The van der Waals surface area contributed by atoms with E-state index < -0.39 is 20.6 Å². The maximum atomic E-state index is 12.8. The third kappa shape index (κ3) is 2.99. The van der Waals surface area contributed by atoms with Crippen LogP contribution in [0, 0.1) is 10.1 Å². The van der Waals surface area contributed by atoms with Gasteiger partial charge in [-0.25, -0.2) is 8.42 Å². The molecule has 1 aliphatic rings. The Hall–Kier alpha value is -1.32. The average Bonchev–Trinajstić information content (AvgIpc) is 2.41. The van der Waals surface area contributed by atoms with Crippen LogP contribution in [-0.4, -0.2) is 41.2 Å². The summed E-state index contributed by atoms with van der Waals surface area (Å²) in [6.45, 7) is 4.10. The first-order chi connectivity index (χ1) is 9.75. The lowest BCUT2D eigenvalue weighted by Gasteiger charge is -2.36. The molecule has 2 atom stereocenters. The number of thioether (sulfide) groups is 1. The molecule has 9 heteroatoms. The zero-order valence-electron chi connectivity index (χ0n) is 11.7. The highest BCUT2D eigenvalue weighted by molar-refractivity contribution is 8.00. The second-order valence-electron chi connectivity index (χ2n) is 4.92. The maximum absolute atomic E-state index is 12.8. The molecule has 116 valence electrons. The fourth-order valence-electron chi connectivity index (χ4n) is 2.26. The largest absolute Gasteiger partial charge is 0.399 e. The molecular weight excluding hydrogens is 314 g/mol. The lowest BCUT2D eigenvalue weighted by Crippen LogP contribution is -2.47. The minimum atomic E-state index is -3.94. The predicted octanol–water partition coefficient (Wildman–Crippen LogP) is 1.69. The average molecular weight is 331 g/mol. The number of anilines is 1. The Bertz CT molecular complexity index is 662. The molecule has 0 aromatic heterocycles. The van der Waals surface area contributed by atoms with Gasteiger partial charge < -0.3 is 5.73 Å². The highest BCUT2D eigenvalue weighted by Crippen LogP contribution is 2.33. The molecule has 7 nitrogen and oxygen atoms in total. The highest BCUT2D eigenvalue weighted by atomic mass is 32.2. The van der Waals surface area contributed by atoms with Gasteiger partial charge in [-0.3, -0.25) is 10.1 Å². The van der Waals surface area contributed by atoms with E-state index in [2.05, 4.69) is 0 Å². The minimum absolute atomic E-state index is 0.133. The van der Waals surface area contributed by atoms with E-state index in [-0.39, 0.29) is 21.9 Å². The summed E-state index contributed by atoms with van der Waals surface area (Å²) in [7, 11) is -3.94. The maximum Gasteiger partial charge on any atom is 0.289 e. The third-order valence-corrected chi connectivity index (χ3v) is 6.95. The summed E-state index contributed by atoms with van der Waals surface area (Å²) in [5.41, 5.74) is 5.35. The monoisotopic (exact) mass is 331 g/mol. The van der Waals surface area contributed by atoms with Gasteiger partial charge in [0, 0.05) is 35.3 Å². The van der Waals surface area contributed by atoms with E-state index >= 15 is 0 Å². The molecule has 0 aliphatic carbocycles. The Labute approximate surface area is 127 Å².